The monoisotopic (exact) mass is 334 g/mol. The molecule has 0 radical (unpaired) electrons. The van der Waals surface area contributed by atoms with Gasteiger partial charge in [0.15, 0.2) is 0 Å². The molecule has 1 amide bonds. The van der Waals surface area contributed by atoms with Gasteiger partial charge in [-0.15, -0.1) is 0 Å². The number of rotatable bonds is 7. The largest absolute Gasteiger partial charge is 0.391 e. The standard InChI is InChI=1S/C17H19ClN2O3/c1-23-11-16(21)6-7-20-17(22)14-8-13(9-19-10-14)12-2-4-15(18)5-3-12/h2-5,8-10,16,21H,6-7,11H2,1H3,(H,20,22). The van der Waals surface area contributed by atoms with Crippen LogP contribution in [0.15, 0.2) is 42.7 Å². The van der Waals surface area contributed by atoms with Crippen LogP contribution in [-0.2, 0) is 4.74 Å². The van der Waals surface area contributed by atoms with Crippen molar-refractivity contribution in [3.63, 3.8) is 0 Å². The molecule has 0 saturated carbocycles. The van der Waals surface area contributed by atoms with Crippen molar-refractivity contribution in [3.05, 3.63) is 53.3 Å². The molecule has 122 valence electrons. The third-order valence-corrected chi connectivity index (χ3v) is 3.55. The number of halogens is 1. The van der Waals surface area contributed by atoms with Gasteiger partial charge in [-0.2, -0.15) is 0 Å². The van der Waals surface area contributed by atoms with Gasteiger partial charge in [0.25, 0.3) is 5.91 Å². The molecule has 0 saturated heterocycles. The highest BCUT2D eigenvalue weighted by Gasteiger charge is 2.09. The Bertz CT molecular complexity index is 647. The molecule has 2 aromatic rings. The molecule has 2 N–H and O–H groups in total. The number of aliphatic hydroxyl groups excluding tert-OH is 1. The number of ether oxygens (including phenoxy) is 1. The summed E-state index contributed by atoms with van der Waals surface area (Å²) in [6, 6.07) is 9.11. The number of aromatic nitrogens is 1. The van der Waals surface area contributed by atoms with Gasteiger partial charge < -0.3 is 15.2 Å². The molecular formula is C17H19ClN2O3. The van der Waals surface area contributed by atoms with E-state index in [2.05, 4.69) is 10.3 Å². The van der Waals surface area contributed by atoms with Gasteiger partial charge in [-0.3, -0.25) is 9.78 Å². The first-order valence-electron chi connectivity index (χ1n) is 7.26. The fraction of sp³-hybridized carbons (Fsp3) is 0.294. The fourth-order valence-electron chi connectivity index (χ4n) is 2.09. The van der Waals surface area contributed by atoms with Gasteiger partial charge in [-0.25, -0.2) is 0 Å². The Morgan fingerprint density at radius 1 is 1.30 bits per heavy atom. The molecule has 0 aliphatic carbocycles. The van der Waals surface area contributed by atoms with Crippen LogP contribution < -0.4 is 5.32 Å². The van der Waals surface area contributed by atoms with Crippen molar-refractivity contribution in [1.82, 2.24) is 10.3 Å². The number of methoxy groups -OCH3 is 1. The minimum absolute atomic E-state index is 0.224. The first-order valence-corrected chi connectivity index (χ1v) is 7.64. The highest BCUT2D eigenvalue weighted by molar-refractivity contribution is 6.30. The van der Waals surface area contributed by atoms with Gasteiger partial charge >= 0.3 is 0 Å². The minimum atomic E-state index is -0.584. The van der Waals surface area contributed by atoms with Gasteiger partial charge in [0.2, 0.25) is 0 Å². The Morgan fingerprint density at radius 3 is 2.74 bits per heavy atom. The van der Waals surface area contributed by atoms with E-state index in [1.807, 2.05) is 12.1 Å². The van der Waals surface area contributed by atoms with Crippen molar-refractivity contribution in [2.24, 2.45) is 0 Å². The van der Waals surface area contributed by atoms with Crippen molar-refractivity contribution in [2.45, 2.75) is 12.5 Å². The maximum Gasteiger partial charge on any atom is 0.252 e. The van der Waals surface area contributed by atoms with Crippen LogP contribution in [0.25, 0.3) is 11.1 Å². The third-order valence-electron chi connectivity index (χ3n) is 3.30. The SMILES string of the molecule is COCC(O)CCNC(=O)c1cncc(-c2ccc(Cl)cc2)c1. The van der Waals surface area contributed by atoms with Crippen molar-refractivity contribution in [3.8, 4) is 11.1 Å². The number of amides is 1. The molecule has 2 rings (SSSR count). The highest BCUT2D eigenvalue weighted by Crippen LogP contribution is 2.21. The lowest BCUT2D eigenvalue weighted by molar-refractivity contribution is 0.0587. The topological polar surface area (TPSA) is 71.5 Å². The number of aliphatic hydroxyl groups is 1. The lowest BCUT2D eigenvalue weighted by Gasteiger charge is -2.10. The summed E-state index contributed by atoms with van der Waals surface area (Å²) in [5, 5.41) is 13.0. The van der Waals surface area contributed by atoms with Crippen LogP contribution in [0, 0.1) is 0 Å². The van der Waals surface area contributed by atoms with Crippen LogP contribution in [0.4, 0.5) is 0 Å². The molecule has 1 heterocycles. The molecule has 23 heavy (non-hydrogen) atoms. The van der Waals surface area contributed by atoms with Crippen LogP contribution in [-0.4, -0.2) is 42.4 Å². The van der Waals surface area contributed by atoms with Crippen LogP contribution in [0.2, 0.25) is 5.02 Å². The maximum atomic E-state index is 12.1. The molecule has 1 unspecified atom stereocenters. The zero-order chi connectivity index (χ0) is 16.7. The van der Waals surface area contributed by atoms with E-state index in [-0.39, 0.29) is 12.5 Å². The molecule has 0 aliphatic heterocycles. The van der Waals surface area contributed by atoms with Crippen LogP contribution in [0.1, 0.15) is 16.8 Å². The van der Waals surface area contributed by atoms with E-state index in [0.717, 1.165) is 11.1 Å². The zero-order valence-electron chi connectivity index (χ0n) is 12.8. The van der Waals surface area contributed by atoms with Crippen molar-refractivity contribution >= 4 is 17.5 Å². The highest BCUT2D eigenvalue weighted by atomic mass is 35.5. The van der Waals surface area contributed by atoms with E-state index >= 15 is 0 Å². The summed E-state index contributed by atoms with van der Waals surface area (Å²) in [5.41, 5.74) is 2.25. The smallest absolute Gasteiger partial charge is 0.252 e. The summed E-state index contributed by atoms with van der Waals surface area (Å²) in [4.78, 5) is 16.3. The molecule has 6 heteroatoms. The molecule has 0 aliphatic rings. The quantitative estimate of drug-likeness (QED) is 0.816. The number of carbonyl (C=O) groups is 1. The van der Waals surface area contributed by atoms with Gasteiger partial charge in [0.05, 0.1) is 18.3 Å². The van der Waals surface area contributed by atoms with E-state index in [9.17, 15) is 9.90 Å². The van der Waals surface area contributed by atoms with Gasteiger partial charge in [0, 0.05) is 36.6 Å². The molecule has 1 aromatic heterocycles. The van der Waals surface area contributed by atoms with Crippen molar-refractivity contribution in [2.75, 3.05) is 20.3 Å². The predicted octanol–water partition coefficient (Wildman–Crippen LogP) is 2.53. The Kier molecular flexibility index (Phi) is 6.52. The Morgan fingerprint density at radius 2 is 2.04 bits per heavy atom. The minimum Gasteiger partial charge on any atom is -0.391 e. The zero-order valence-corrected chi connectivity index (χ0v) is 13.6. The number of pyridine rings is 1. The molecule has 0 fully saturated rings. The van der Waals surface area contributed by atoms with Crippen molar-refractivity contribution < 1.29 is 14.6 Å². The Hall–Kier alpha value is -1.95. The first-order chi connectivity index (χ1) is 11.1. The molecule has 0 bridgehead atoms. The average molecular weight is 335 g/mol. The number of benzene rings is 1. The summed E-state index contributed by atoms with van der Waals surface area (Å²) in [7, 11) is 1.52. The van der Waals surface area contributed by atoms with Gasteiger partial charge in [-0.05, 0) is 30.2 Å². The fourth-order valence-corrected chi connectivity index (χ4v) is 2.22. The molecule has 0 spiro atoms. The number of hydrogen-bond acceptors (Lipinski definition) is 4. The Balaban J connectivity index is 1.99. The van der Waals surface area contributed by atoms with Crippen molar-refractivity contribution in [1.29, 1.82) is 0 Å². The number of nitrogens with one attached hydrogen (secondary N) is 1. The molecule has 1 atom stereocenters. The molecule has 1 aromatic carbocycles. The van der Waals surface area contributed by atoms with E-state index in [0.29, 0.717) is 23.6 Å². The van der Waals surface area contributed by atoms with E-state index < -0.39 is 6.10 Å². The molecular weight excluding hydrogens is 316 g/mol. The normalized spacial score (nSPS) is 12.0. The van der Waals surface area contributed by atoms with Crippen LogP contribution in [0.5, 0.6) is 0 Å². The second-order valence-corrected chi connectivity index (χ2v) is 5.56. The van der Waals surface area contributed by atoms with Gasteiger partial charge in [0.1, 0.15) is 0 Å². The van der Waals surface area contributed by atoms with Gasteiger partial charge in [-0.1, -0.05) is 23.7 Å². The summed E-state index contributed by atoms with van der Waals surface area (Å²) < 4.78 is 4.84. The lowest BCUT2D eigenvalue weighted by Crippen LogP contribution is -2.28. The second-order valence-electron chi connectivity index (χ2n) is 5.12. The summed E-state index contributed by atoms with van der Waals surface area (Å²) >= 11 is 5.88. The van der Waals surface area contributed by atoms with E-state index in [1.165, 1.54) is 13.3 Å². The van der Waals surface area contributed by atoms with Crippen LogP contribution in [0.3, 0.4) is 0 Å². The summed E-state index contributed by atoms with van der Waals surface area (Å²) in [6.07, 6.45) is 3.06. The third kappa shape index (κ3) is 5.32. The maximum absolute atomic E-state index is 12.1. The molecule has 5 nitrogen and oxygen atoms in total. The predicted molar refractivity (Wildman–Crippen MR) is 89.5 cm³/mol. The lowest BCUT2D eigenvalue weighted by atomic mass is 10.1. The number of hydrogen-bond donors (Lipinski definition) is 2. The second kappa shape index (κ2) is 8.62. The summed E-state index contributed by atoms with van der Waals surface area (Å²) in [5.74, 6) is -0.224. The van der Waals surface area contributed by atoms with Crippen LogP contribution >= 0.6 is 11.6 Å². The Labute approximate surface area is 140 Å². The average Bonchev–Trinajstić information content (AvgIpc) is 2.56. The van der Waals surface area contributed by atoms with E-state index in [4.69, 9.17) is 16.3 Å². The first kappa shape index (κ1) is 17.4. The number of nitrogens with zero attached hydrogens (tertiary/aromatic N) is 1. The summed E-state index contributed by atoms with van der Waals surface area (Å²) in [6.45, 7) is 0.623. The number of carbonyl (C=O) groups excluding carboxylic acids is 1. The van der Waals surface area contributed by atoms with E-state index in [1.54, 1.807) is 24.4 Å².